The third kappa shape index (κ3) is 1.71. The van der Waals surface area contributed by atoms with Crippen molar-refractivity contribution in [3.05, 3.63) is 22.6 Å². The Hall–Kier alpha value is -1.16. The molecule has 0 saturated heterocycles. The molecule has 90 valence electrons. The fourth-order valence-electron chi connectivity index (χ4n) is 2.91. The zero-order valence-corrected chi connectivity index (χ0v) is 11.0. The maximum absolute atomic E-state index is 5.45. The number of fused-ring (bicyclic) bond motifs is 1. The monoisotopic (exact) mass is 247 g/mol. The highest BCUT2D eigenvalue weighted by Crippen LogP contribution is 2.37. The third-order valence-corrected chi connectivity index (χ3v) is 4.15. The van der Waals surface area contributed by atoms with E-state index in [4.69, 9.17) is 12.2 Å². The highest BCUT2D eigenvalue weighted by Gasteiger charge is 2.27. The molecule has 2 aromatic rings. The predicted molar refractivity (Wildman–Crippen MR) is 71.7 cm³/mol. The smallest absolute Gasteiger partial charge is 0.179 e. The van der Waals surface area contributed by atoms with Gasteiger partial charge in [-0.3, -0.25) is 4.57 Å². The van der Waals surface area contributed by atoms with Gasteiger partial charge in [0.1, 0.15) is 0 Å². The second-order valence-electron chi connectivity index (χ2n) is 5.10. The number of aromatic nitrogens is 3. The summed E-state index contributed by atoms with van der Waals surface area (Å²) in [5.74, 6) is 0.697. The predicted octanol–water partition coefficient (Wildman–Crippen LogP) is 3.76. The van der Waals surface area contributed by atoms with Crippen molar-refractivity contribution in [2.75, 3.05) is 0 Å². The van der Waals surface area contributed by atoms with Crippen LogP contribution in [0.15, 0.2) is 12.1 Å². The minimum atomic E-state index is 0.519. The number of aryl methyl sites for hydroxylation is 1. The van der Waals surface area contributed by atoms with Crippen LogP contribution >= 0.6 is 12.2 Å². The molecule has 2 atom stereocenters. The Kier molecular flexibility index (Phi) is 2.54. The molecule has 1 aliphatic carbocycles. The number of hydrogen-bond donors (Lipinski definition) is 1. The Labute approximate surface area is 106 Å². The van der Waals surface area contributed by atoms with E-state index in [9.17, 15) is 0 Å². The molecule has 4 heteroatoms. The minimum Gasteiger partial charge on any atom is -0.329 e. The van der Waals surface area contributed by atoms with E-state index in [1.807, 2.05) is 13.0 Å². The van der Waals surface area contributed by atoms with E-state index >= 15 is 0 Å². The van der Waals surface area contributed by atoms with E-state index in [0.717, 1.165) is 21.6 Å². The van der Waals surface area contributed by atoms with Gasteiger partial charge in [-0.2, -0.15) is 0 Å². The molecule has 2 unspecified atom stereocenters. The first-order chi connectivity index (χ1) is 8.16. The van der Waals surface area contributed by atoms with Gasteiger partial charge in [-0.1, -0.05) is 13.3 Å². The van der Waals surface area contributed by atoms with Gasteiger partial charge >= 0.3 is 0 Å². The van der Waals surface area contributed by atoms with E-state index in [1.165, 1.54) is 19.3 Å². The maximum atomic E-state index is 5.45. The normalized spacial score (nSPS) is 24.6. The number of imidazole rings is 1. The summed E-state index contributed by atoms with van der Waals surface area (Å²) in [5, 5.41) is 0. The van der Waals surface area contributed by atoms with Crippen molar-refractivity contribution in [1.82, 2.24) is 14.5 Å². The van der Waals surface area contributed by atoms with E-state index in [0.29, 0.717) is 12.0 Å². The van der Waals surface area contributed by atoms with Gasteiger partial charge in [0, 0.05) is 11.7 Å². The summed E-state index contributed by atoms with van der Waals surface area (Å²) in [5.41, 5.74) is 3.12. The summed E-state index contributed by atoms with van der Waals surface area (Å²) < 4.78 is 3.05. The summed E-state index contributed by atoms with van der Waals surface area (Å²) in [6.07, 6.45) is 3.81. The van der Waals surface area contributed by atoms with Crippen molar-refractivity contribution in [2.24, 2.45) is 5.92 Å². The molecular weight excluding hydrogens is 230 g/mol. The minimum absolute atomic E-state index is 0.519. The summed E-state index contributed by atoms with van der Waals surface area (Å²) in [7, 11) is 0. The molecule has 0 aliphatic heterocycles. The van der Waals surface area contributed by atoms with Gasteiger partial charge in [0.2, 0.25) is 0 Å². The van der Waals surface area contributed by atoms with Crippen LogP contribution in [-0.4, -0.2) is 14.5 Å². The molecular formula is C13H17N3S. The van der Waals surface area contributed by atoms with E-state index < -0.39 is 0 Å². The van der Waals surface area contributed by atoms with Crippen LogP contribution in [0.2, 0.25) is 0 Å². The molecule has 0 radical (unpaired) electrons. The van der Waals surface area contributed by atoms with Crippen LogP contribution in [0, 0.1) is 17.6 Å². The van der Waals surface area contributed by atoms with Gasteiger partial charge in [0.25, 0.3) is 0 Å². The van der Waals surface area contributed by atoms with Crippen LogP contribution in [0.1, 0.15) is 37.9 Å². The highest BCUT2D eigenvalue weighted by atomic mass is 32.1. The first-order valence-corrected chi connectivity index (χ1v) is 6.65. The summed E-state index contributed by atoms with van der Waals surface area (Å²) >= 11 is 5.45. The molecule has 3 rings (SSSR count). The summed E-state index contributed by atoms with van der Waals surface area (Å²) in [4.78, 5) is 7.91. The van der Waals surface area contributed by atoms with Crippen LogP contribution in [0.5, 0.6) is 0 Å². The Balaban J connectivity index is 2.24. The van der Waals surface area contributed by atoms with Crippen LogP contribution in [0.4, 0.5) is 0 Å². The van der Waals surface area contributed by atoms with Crippen molar-refractivity contribution in [2.45, 2.75) is 39.2 Å². The Morgan fingerprint density at radius 3 is 2.94 bits per heavy atom. The number of hydrogen-bond acceptors (Lipinski definition) is 2. The lowest BCUT2D eigenvalue weighted by Crippen LogP contribution is -2.12. The molecule has 2 heterocycles. The Morgan fingerprint density at radius 1 is 1.41 bits per heavy atom. The van der Waals surface area contributed by atoms with Gasteiger partial charge < -0.3 is 4.98 Å². The van der Waals surface area contributed by atoms with Crippen molar-refractivity contribution in [1.29, 1.82) is 0 Å². The molecule has 1 aliphatic rings. The van der Waals surface area contributed by atoms with E-state index in [2.05, 4.69) is 27.5 Å². The molecule has 17 heavy (non-hydrogen) atoms. The molecule has 0 aromatic carbocycles. The lowest BCUT2D eigenvalue weighted by molar-refractivity contribution is 0.411. The highest BCUT2D eigenvalue weighted by molar-refractivity contribution is 7.71. The molecule has 2 aromatic heterocycles. The summed E-state index contributed by atoms with van der Waals surface area (Å²) in [6.45, 7) is 4.34. The quantitative estimate of drug-likeness (QED) is 0.778. The molecule has 0 bridgehead atoms. The fraction of sp³-hybridized carbons (Fsp3) is 0.538. The number of H-pyrrole nitrogens is 1. The van der Waals surface area contributed by atoms with E-state index in [-0.39, 0.29) is 0 Å². The SMILES string of the molecule is Cc1ccc2[nH]c(=S)n(C3CCCC3C)c2n1. The molecule has 0 amide bonds. The topological polar surface area (TPSA) is 33.6 Å². The second kappa shape index (κ2) is 3.95. The van der Waals surface area contributed by atoms with E-state index in [1.54, 1.807) is 0 Å². The Morgan fingerprint density at radius 2 is 2.24 bits per heavy atom. The lowest BCUT2D eigenvalue weighted by Gasteiger charge is -2.17. The average Bonchev–Trinajstić information content (AvgIpc) is 2.81. The van der Waals surface area contributed by atoms with Gasteiger partial charge in [-0.25, -0.2) is 4.98 Å². The largest absolute Gasteiger partial charge is 0.329 e. The van der Waals surface area contributed by atoms with Crippen LogP contribution in [-0.2, 0) is 0 Å². The molecule has 1 N–H and O–H groups in total. The standard InChI is InChI=1S/C13H17N3S/c1-8-4-3-5-11(8)16-12-10(15-13(16)17)7-6-9(2)14-12/h6-8,11H,3-5H2,1-2H3,(H,15,17). The van der Waals surface area contributed by atoms with Crippen molar-refractivity contribution in [3.8, 4) is 0 Å². The van der Waals surface area contributed by atoms with Crippen LogP contribution in [0.25, 0.3) is 11.2 Å². The maximum Gasteiger partial charge on any atom is 0.179 e. The van der Waals surface area contributed by atoms with Gasteiger partial charge in [-0.15, -0.1) is 0 Å². The number of nitrogens with zero attached hydrogens (tertiary/aromatic N) is 2. The number of aromatic amines is 1. The molecule has 1 fully saturated rings. The van der Waals surface area contributed by atoms with Crippen LogP contribution < -0.4 is 0 Å². The first-order valence-electron chi connectivity index (χ1n) is 6.24. The van der Waals surface area contributed by atoms with Crippen molar-refractivity contribution < 1.29 is 0 Å². The first kappa shape index (κ1) is 11.0. The van der Waals surface area contributed by atoms with Crippen LogP contribution in [0.3, 0.4) is 0 Å². The number of rotatable bonds is 1. The van der Waals surface area contributed by atoms with Gasteiger partial charge in [0.05, 0.1) is 5.52 Å². The number of nitrogens with one attached hydrogen (secondary N) is 1. The molecule has 3 nitrogen and oxygen atoms in total. The molecule has 0 spiro atoms. The zero-order chi connectivity index (χ0) is 12.0. The third-order valence-electron chi connectivity index (χ3n) is 3.85. The number of pyridine rings is 1. The molecule has 1 saturated carbocycles. The summed E-state index contributed by atoms with van der Waals surface area (Å²) in [6, 6.07) is 4.62. The second-order valence-corrected chi connectivity index (χ2v) is 5.49. The van der Waals surface area contributed by atoms with Gasteiger partial charge in [-0.05, 0) is 50.0 Å². The zero-order valence-electron chi connectivity index (χ0n) is 10.2. The van der Waals surface area contributed by atoms with Crippen molar-refractivity contribution >= 4 is 23.4 Å². The van der Waals surface area contributed by atoms with Gasteiger partial charge in [0.15, 0.2) is 10.4 Å². The fourth-order valence-corrected chi connectivity index (χ4v) is 3.24. The average molecular weight is 247 g/mol. The Bertz CT molecular complexity index is 611. The lowest BCUT2D eigenvalue weighted by atomic mass is 10.1. The van der Waals surface area contributed by atoms with Crippen molar-refractivity contribution in [3.63, 3.8) is 0 Å².